The van der Waals surface area contributed by atoms with Crippen molar-refractivity contribution in [3.63, 3.8) is 0 Å². The van der Waals surface area contributed by atoms with E-state index < -0.39 is 6.10 Å². The van der Waals surface area contributed by atoms with Crippen LogP contribution in [0.1, 0.15) is 64.5 Å². The molecule has 1 aliphatic rings. The van der Waals surface area contributed by atoms with Crippen LogP contribution in [-0.4, -0.2) is 16.2 Å². The Hall–Kier alpha value is -1.09. The molecule has 1 aromatic rings. The minimum Gasteiger partial charge on any atom is -0.474 e. The molecule has 0 aliphatic heterocycles. The number of rotatable bonds is 5. The Morgan fingerprint density at radius 2 is 2.16 bits per heavy atom. The molecule has 0 bridgehead atoms. The number of aromatic nitrogens is 1. The summed E-state index contributed by atoms with van der Waals surface area (Å²) >= 11 is 0. The van der Waals surface area contributed by atoms with Gasteiger partial charge >= 0.3 is 0 Å². The molecular weight excluding hydrogens is 238 g/mol. The van der Waals surface area contributed by atoms with E-state index in [2.05, 4.69) is 25.8 Å². The zero-order valence-corrected chi connectivity index (χ0v) is 12.2. The van der Waals surface area contributed by atoms with Crippen molar-refractivity contribution in [2.24, 2.45) is 5.41 Å². The summed E-state index contributed by atoms with van der Waals surface area (Å²) in [5, 5.41) is 10.3. The molecule has 0 amide bonds. The summed E-state index contributed by atoms with van der Waals surface area (Å²) in [7, 11) is 0. The fourth-order valence-corrected chi connectivity index (χ4v) is 2.13. The number of aliphatic hydroxyl groups is 1. The van der Waals surface area contributed by atoms with Crippen molar-refractivity contribution < 1.29 is 9.84 Å². The molecule has 1 aliphatic carbocycles. The lowest BCUT2D eigenvalue weighted by Crippen LogP contribution is -2.25. The average molecular weight is 263 g/mol. The maximum Gasteiger partial charge on any atom is 0.219 e. The van der Waals surface area contributed by atoms with Gasteiger partial charge in [-0.3, -0.25) is 0 Å². The highest BCUT2D eigenvalue weighted by molar-refractivity contribution is 5.28. The Balaban J connectivity index is 2.01. The van der Waals surface area contributed by atoms with Gasteiger partial charge in [0.25, 0.3) is 0 Å². The molecule has 0 aromatic carbocycles. The Labute approximate surface area is 116 Å². The SMILES string of the molecule is CC(C)(C)CC[C@H](O)c1cccnc1OC1CCC1. The summed E-state index contributed by atoms with van der Waals surface area (Å²) in [5.41, 5.74) is 1.07. The number of pyridine rings is 1. The Kier molecular flexibility index (Phi) is 4.46. The first-order valence-electron chi connectivity index (χ1n) is 7.25. The lowest BCUT2D eigenvalue weighted by atomic mass is 9.88. The van der Waals surface area contributed by atoms with Crippen LogP contribution < -0.4 is 4.74 Å². The summed E-state index contributed by atoms with van der Waals surface area (Å²) in [5.74, 6) is 0.619. The van der Waals surface area contributed by atoms with E-state index in [4.69, 9.17) is 4.74 Å². The first-order valence-corrected chi connectivity index (χ1v) is 7.25. The molecule has 3 nitrogen and oxygen atoms in total. The normalized spacial score (nSPS) is 17.9. The lowest BCUT2D eigenvalue weighted by Gasteiger charge is -2.27. The quantitative estimate of drug-likeness (QED) is 0.876. The predicted octanol–water partition coefficient (Wildman–Crippen LogP) is 3.87. The van der Waals surface area contributed by atoms with E-state index in [9.17, 15) is 5.11 Å². The van der Waals surface area contributed by atoms with E-state index >= 15 is 0 Å². The first-order chi connectivity index (χ1) is 8.96. The fourth-order valence-electron chi connectivity index (χ4n) is 2.13. The van der Waals surface area contributed by atoms with Gasteiger partial charge in [-0.1, -0.05) is 20.8 Å². The van der Waals surface area contributed by atoms with Gasteiger partial charge in [0.05, 0.1) is 6.10 Å². The number of hydrogen-bond donors (Lipinski definition) is 1. The smallest absolute Gasteiger partial charge is 0.219 e. The van der Waals surface area contributed by atoms with Gasteiger partial charge in [-0.05, 0) is 49.7 Å². The molecule has 1 heterocycles. The molecule has 19 heavy (non-hydrogen) atoms. The van der Waals surface area contributed by atoms with Gasteiger partial charge in [-0.2, -0.15) is 0 Å². The summed E-state index contributed by atoms with van der Waals surface area (Å²) in [6.45, 7) is 6.57. The second-order valence-corrected chi connectivity index (χ2v) is 6.68. The standard InChI is InChI=1S/C16H25NO2/c1-16(2,3)10-9-14(18)13-8-5-11-17-15(13)19-12-6-4-7-12/h5,8,11-12,14,18H,4,6-7,9-10H2,1-3H3/t14-/m0/s1. The molecule has 1 aromatic heterocycles. The Morgan fingerprint density at radius 1 is 1.42 bits per heavy atom. The van der Waals surface area contributed by atoms with Crippen LogP contribution in [0.5, 0.6) is 5.88 Å². The van der Waals surface area contributed by atoms with Crippen LogP contribution in [0, 0.1) is 5.41 Å². The van der Waals surface area contributed by atoms with Crippen LogP contribution in [0.2, 0.25) is 0 Å². The predicted molar refractivity (Wildman–Crippen MR) is 76.2 cm³/mol. The summed E-state index contributed by atoms with van der Waals surface area (Å²) in [6, 6.07) is 3.79. The summed E-state index contributed by atoms with van der Waals surface area (Å²) < 4.78 is 5.86. The molecule has 1 atom stereocenters. The third kappa shape index (κ3) is 4.20. The minimum absolute atomic E-state index is 0.234. The fraction of sp³-hybridized carbons (Fsp3) is 0.688. The van der Waals surface area contributed by atoms with Gasteiger partial charge in [-0.15, -0.1) is 0 Å². The van der Waals surface area contributed by atoms with Gasteiger partial charge in [0, 0.05) is 11.8 Å². The molecule has 2 rings (SSSR count). The van der Waals surface area contributed by atoms with Crippen LogP contribution in [0.3, 0.4) is 0 Å². The van der Waals surface area contributed by atoms with E-state index in [1.807, 2.05) is 12.1 Å². The van der Waals surface area contributed by atoms with Crippen LogP contribution in [0.15, 0.2) is 18.3 Å². The van der Waals surface area contributed by atoms with Crippen molar-refractivity contribution in [2.45, 2.75) is 65.1 Å². The highest BCUT2D eigenvalue weighted by Crippen LogP contribution is 2.33. The van der Waals surface area contributed by atoms with Gasteiger partial charge in [0.2, 0.25) is 5.88 Å². The largest absolute Gasteiger partial charge is 0.474 e. The summed E-state index contributed by atoms with van der Waals surface area (Å²) in [6.07, 6.45) is 6.71. The molecule has 106 valence electrons. The molecular formula is C16H25NO2. The molecule has 0 radical (unpaired) electrons. The molecule has 0 spiro atoms. The van der Waals surface area contributed by atoms with Crippen molar-refractivity contribution in [1.29, 1.82) is 0 Å². The average Bonchev–Trinajstić information content (AvgIpc) is 2.30. The first kappa shape index (κ1) is 14.3. The van der Waals surface area contributed by atoms with Crippen molar-refractivity contribution >= 4 is 0 Å². The third-order valence-corrected chi connectivity index (χ3v) is 3.66. The lowest BCUT2D eigenvalue weighted by molar-refractivity contribution is 0.100. The van der Waals surface area contributed by atoms with E-state index in [-0.39, 0.29) is 5.41 Å². The number of hydrogen-bond acceptors (Lipinski definition) is 3. The second-order valence-electron chi connectivity index (χ2n) is 6.68. The van der Waals surface area contributed by atoms with Crippen LogP contribution in [0.4, 0.5) is 0 Å². The van der Waals surface area contributed by atoms with Crippen molar-refractivity contribution in [3.05, 3.63) is 23.9 Å². The monoisotopic (exact) mass is 263 g/mol. The highest BCUT2D eigenvalue weighted by Gasteiger charge is 2.23. The van der Waals surface area contributed by atoms with E-state index in [1.165, 1.54) is 6.42 Å². The molecule has 1 N–H and O–H groups in total. The van der Waals surface area contributed by atoms with Crippen molar-refractivity contribution in [2.75, 3.05) is 0 Å². The van der Waals surface area contributed by atoms with Crippen molar-refractivity contribution in [1.82, 2.24) is 4.98 Å². The second kappa shape index (κ2) is 5.91. The van der Waals surface area contributed by atoms with Gasteiger partial charge in [-0.25, -0.2) is 4.98 Å². The van der Waals surface area contributed by atoms with Gasteiger partial charge in [0.15, 0.2) is 0 Å². The van der Waals surface area contributed by atoms with Crippen LogP contribution in [-0.2, 0) is 0 Å². The molecule has 0 saturated heterocycles. The third-order valence-electron chi connectivity index (χ3n) is 3.66. The molecule has 1 fully saturated rings. The minimum atomic E-state index is -0.483. The number of nitrogens with zero attached hydrogens (tertiary/aromatic N) is 1. The van der Waals surface area contributed by atoms with E-state index in [1.54, 1.807) is 6.20 Å². The van der Waals surface area contributed by atoms with E-state index in [0.717, 1.165) is 31.2 Å². The molecule has 1 saturated carbocycles. The maximum absolute atomic E-state index is 10.3. The maximum atomic E-state index is 10.3. The Morgan fingerprint density at radius 3 is 2.74 bits per heavy atom. The highest BCUT2D eigenvalue weighted by atomic mass is 16.5. The van der Waals surface area contributed by atoms with E-state index in [0.29, 0.717) is 12.0 Å². The number of aliphatic hydroxyl groups excluding tert-OH is 1. The van der Waals surface area contributed by atoms with Crippen molar-refractivity contribution in [3.8, 4) is 5.88 Å². The zero-order chi connectivity index (χ0) is 13.9. The zero-order valence-electron chi connectivity index (χ0n) is 12.2. The topological polar surface area (TPSA) is 42.4 Å². The van der Waals surface area contributed by atoms with Gasteiger partial charge in [0.1, 0.15) is 6.10 Å². The summed E-state index contributed by atoms with van der Waals surface area (Å²) in [4.78, 5) is 4.28. The Bertz CT molecular complexity index is 407. The van der Waals surface area contributed by atoms with Crippen LogP contribution >= 0.6 is 0 Å². The van der Waals surface area contributed by atoms with Crippen LogP contribution in [0.25, 0.3) is 0 Å². The molecule has 3 heteroatoms. The number of ether oxygens (including phenoxy) is 1. The molecule has 0 unspecified atom stereocenters. The van der Waals surface area contributed by atoms with Gasteiger partial charge < -0.3 is 9.84 Å².